The van der Waals surface area contributed by atoms with Crippen LogP contribution < -0.4 is 0 Å². The van der Waals surface area contributed by atoms with Crippen LogP contribution in [-0.2, 0) is 9.59 Å². The average Bonchev–Trinajstić information content (AvgIpc) is 3.44. The quantitative estimate of drug-likeness (QED) is 0.305. The molecule has 4 heteroatoms. The van der Waals surface area contributed by atoms with E-state index in [1.807, 2.05) is 0 Å². The molecule has 0 spiro atoms. The maximum absolute atomic E-state index is 11.9. The smallest absolute Gasteiger partial charge is 0.133 e. The van der Waals surface area contributed by atoms with Gasteiger partial charge in [-0.25, -0.2) is 0 Å². The van der Waals surface area contributed by atoms with Gasteiger partial charge in [-0.05, 0) is 159 Å². The fourth-order valence-electron chi connectivity index (χ4n) is 14.0. The molecule has 14 atom stereocenters. The Kier molecular flexibility index (Phi) is 7.41. The van der Waals surface area contributed by atoms with Gasteiger partial charge >= 0.3 is 0 Å². The highest BCUT2D eigenvalue weighted by Crippen LogP contribution is 2.67. The normalized spacial score (nSPS) is 56.5. The first-order valence-electron chi connectivity index (χ1n) is 18.3. The summed E-state index contributed by atoms with van der Waals surface area (Å²) in [5, 5.41) is 20.9. The van der Waals surface area contributed by atoms with Gasteiger partial charge in [-0.15, -0.1) is 0 Å². The first-order chi connectivity index (χ1) is 19.9. The molecule has 0 aliphatic heterocycles. The topological polar surface area (TPSA) is 74.6 Å². The summed E-state index contributed by atoms with van der Waals surface area (Å²) in [6.07, 6.45) is 20.1. The molecule has 4 nitrogen and oxygen atoms in total. The van der Waals surface area contributed by atoms with Crippen molar-refractivity contribution >= 4 is 11.6 Å². The standard InChI is InChI=1S/2C19H30O2/c2*1-18-9-7-13(20)11-12(18)3-4-14-15-5-6-17(21)19(15,2)10-8-16(14)18/h2*12,14-17,21H,3-11H2,1-2H3/t12-,14-,15-,16-,17-,18-,19-;/m0./s1. The van der Waals surface area contributed by atoms with Gasteiger partial charge in [0.05, 0.1) is 12.2 Å². The van der Waals surface area contributed by atoms with Gasteiger partial charge in [0.1, 0.15) is 11.6 Å². The largest absolute Gasteiger partial charge is 0.393 e. The summed E-state index contributed by atoms with van der Waals surface area (Å²) in [4.78, 5) is 23.7. The van der Waals surface area contributed by atoms with Gasteiger partial charge in [-0.3, -0.25) is 9.59 Å². The zero-order chi connectivity index (χ0) is 29.7. The predicted molar refractivity (Wildman–Crippen MR) is 165 cm³/mol. The molecule has 236 valence electrons. The summed E-state index contributed by atoms with van der Waals surface area (Å²) >= 11 is 0. The molecule has 7 unspecified atom stereocenters. The average molecular weight is 581 g/mol. The molecule has 0 amide bonds. The summed E-state index contributed by atoms with van der Waals surface area (Å²) in [6.45, 7) is 9.69. The van der Waals surface area contributed by atoms with Crippen LogP contribution in [0.25, 0.3) is 0 Å². The number of carbonyl (C=O) groups excluding carboxylic acids is 2. The first kappa shape index (κ1) is 29.9. The molecule has 42 heavy (non-hydrogen) atoms. The summed E-state index contributed by atoms with van der Waals surface area (Å²) in [6, 6.07) is 0. The zero-order valence-electron chi connectivity index (χ0n) is 27.2. The van der Waals surface area contributed by atoms with Gasteiger partial charge in [0.25, 0.3) is 0 Å². The van der Waals surface area contributed by atoms with Crippen molar-refractivity contribution in [2.45, 2.75) is 155 Å². The molecular weight excluding hydrogens is 520 g/mol. The van der Waals surface area contributed by atoms with E-state index in [0.29, 0.717) is 34.2 Å². The number of carbonyl (C=O) groups is 2. The third kappa shape index (κ3) is 4.33. The Bertz CT molecular complexity index is 1000. The fraction of sp³-hybridized carbons (Fsp3) is 0.947. The van der Waals surface area contributed by atoms with Crippen molar-refractivity contribution in [1.29, 1.82) is 0 Å². The minimum absolute atomic E-state index is 0.0677. The highest BCUT2D eigenvalue weighted by molar-refractivity contribution is 5.80. The molecule has 0 aromatic rings. The highest BCUT2D eigenvalue weighted by atomic mass is 16.3. The molecule has 8 aliphatic carbocycles. The molecular formula is C38H60O4. The lowest BCUT2D eigenvalue weighted by Crippen LogP contribution is -2.54. The molecule has 8 saturated carbocycles. The van der Waals surface area contributed by atoms with Crippen molar-refractivity contribution in [1.82, 2.24) is 0 Å². The fourth-order valence-corrected chi connectivity index (χ4v) is 14.0. The zero-order valence-corrected chi connectivity index (χ0v) is 27.2. The molecule has 0 radical (unpaired) electrons. The third-order valence-corrected chi connectivity index (χ3v) is 16.9. The van der Waals surface area contributed by atoms with Gasteiger partial charge in [0, 0.05) is 25.7 Å². The van der Waals surface area contributed by atoms with E-state index in [0.717, 1.165) is 86.9 Å². The van der Waals surface area contributed by atoms with E-state index in [-0.39, 0.29) is 23.0 Å². The number of aliphatic hydroxyl groups excluding tert-OH is 2. The Labute approximate surface area is 255 Å². The second-order valence-electron chi connectivity index (χ2n) is 18.1. The SMILES string of the molecule is CC12CCC3C(CCC4CC(=O)CCC43C)C1CCC2O.C[C@]12CCC(=O)C[C@@H]1CC[C@@H]1[C@@H]2CC[C@]2(C)[C@@H](O)CC[C@@H]12. The second kappa shape index (κ2) is 10.4. The van der Waals surface area contributed by atoms with E-state index in [1.54, 1.807) is 0 Å². The molecule has 8 fully saturated rings. The van der Waals surface area contributed by atoms with Crippen molar-refractivity contribution in [2.24, 2.45) is 69.0 Å². The van der Waals surface area contributed by atoms with Crippen LogP contribution in [0.1, 0.15) is 143 Å². The van der Waals surface area contributed by atoms with E-state index in [2.05, 4.69) is 27.7 Å². The van der Waals surface area contributed by atoms with E-state index in [4.69, 9.17) is 0 Å². The van der Waals surface area contributed by atoms with Crippen LogP contribution >= 0.6 is 0 Å². The molecule has 0 saturated heterocycles. The van der Waals surface area contributed by atoms with Crippen molar-refractivity contribution in [3.63, 3.8) is 0 Å². The Morgan fingerprint density at radius 1 is 0.476 bits per heavy atom. The van der Waals surface area contributed by atoms with Crippen molar-refractivity contribution in [3.05, 3.63) is 0 Å². The minimum Gasteiger partial charge on any atom is -0.393 e. The number of ketones is 2. The summed E-state index contributed by atoms with van der Waals surface area (Å²) in [5.74, 6) is 7.04. The molecule has 0 heterocycles. The van der Waals surface area contributed by atoms with Crippen molar-refractivity contribution in [3.8, 4) is 0 Å². The van der Waals surface area contributed by atoms with E-state index in [9.17, 15) is 19.8 Å². The molecule has 0 bridgehead atoms. The maximum atomic E-state index is 11.9. The van der Waals surface area contributed by atoms with E-state index >= 15 is 0 Å². The summed E-state index contributed by atoms with van der Waals surface area (Å²) in [5.41, 5.74) is 1.20. The summed E-state index contributed by atoms with van der Waals surface area (Å²) in [7, 11) is 0. The van der Waals surface area contributed by atoms with Crippen molar-refractivity contribution in [2.75, 3.05) is 0 Å². The lowest BCUT2D eigenvalue weighted by molar-refractivity contribution is -0.142. The van der Waals surface area contributed by atoms with Gasteiger partial charge < -0.3 is 10.2 Å². The highest BCUT2D eigenvalue weighted by Gasteiger charge is 2.61. The maximum Gasteiger partial charge on any atom is 0.133 e. The first-order valence-corrected chi connectivity index (χ1v) is 18.3. The lowest BCUT2D eigenvalue weighted by Gasteiger charge is -2.60. The van der Waals surface area contributed by atoms with E-state index < -0.39 is 0 Å². The van der Waals surface area contributed by atoms with Crippen LogP contribution in [0, 0.1) is 69.0 Å². The minimum atomic E-state index is -0.0677. The lowest BCUT2D eigenvalue weighted by atomic mass is 9.45. The molecule has 8 aliphatic rings. The van der Waals surface area contributed by atoms with Gasteiger partial charge in [-0.2, -0.15) is 0 Å². The van der Waals surface area contributed by atoms with Crippen LogP contribution in [0.3, 0.4) is 0 Å². The molecule has 8 rings (SSSR count). The van der Waals surface area contributed by atoms with Gasteiger partial charge in [0.2, 0.25) is 0 Å². The number of hydrogen-bond acceptors (Lipinski definition) is 4. The van der Waals surface area contributed by atoms with Crippen LogP contribution in [0.5, 0.6) is 0 Å². The van der Waals surface area contributed by atoms with E-state index in [1.165, 1.54) is 64.2 Å². The number of fused-ring (bicyclic) bond motifs is 10. The molecule has 2 N–H and O–H groups in total. The third-order valence-electron chi connectivity index (χ3n) is 16.9. The van der Waals surface area contributed by atoms with Gasteiger partial charge in [0.15, 0.2) is 0 Å². The Morgan fingerprint density at radius 3 is 1.26 bits per heavy atom. The second-order valence-corrected chi connectivity index (χ2v) is 18.1. The van der Waals surface area contributed by atoms with Crippen LogP contribution in [0.2, 0.25) is 0 Å². The number of rotatable bonds is 0. The molecule has 0 aromatic carbocycles. The monoisotopic (exact) mass is 580 g/mol. The Balaban J connectivity index is 0.000000137. The van der Waals surface area contributed by atoms with Gasteiger partial charge in [-0.1, -0.05) is 27.7 Å². The van der Waals surface area contributed by atoms with Crippen LogP contribution in [0.15, 0.2) is 0 Å². The van der Waals surface area contributed by atoms with Crippen molar-refractivity contribution < 1.29 is 19.8 Å². The number of hydrogen-bond donors (Lipinski definition) is 2. The predicted octanol–water partition coefficient (Wildman–Crippen LogP) is 7.92. The van der Waals surface area contributed by atoms with Crippen LogP contribution in [0.4, 0.5) is 0 Å². The number of Topliss-reactive ketones (excluding diaryl/α,β-unsaturated/α-hetero) is 2. The Hall–Kier alpha value is -0.740. The number of aliphatic hydroxyl groups is 2. The molecule has 0 aromatic heterocycles. The summed E-state index contributed by atoms with van der Waals surface area (Å²) < 4.78 is 0. The Morgan fingerprint density at radius 2 is 0.857 bits per heavy atom. The van der Waals surface area contributed by atoms with Crippen LogP contribution in [-0.4, -0.2) is 34.0 Å².